The lowest BCUT2D eigenvalue weighted by Crippen LogP contribution is -2.33. The molecule has 3 rings (SSSR count). The average molecular weight is 320 g/mol. The SMILES string of the molecule is Cc1cccc(NC(=O)N[C@@H](Cc2ncc[nH]2)c2ccccc2)c1. The Morgan fingerprint density at radius 1 is 1.17 bits per heavy atom. The van der Waals surface area contributed by atoms with Crippen molar-refractivity contribution in [3.63, 3.8) is 0 Å². The number of rotatable bonds is 5. The molecule has 0 saturated carbocycles. The third-order valence-electron chi connectivity index (χ3n) is 3.74. The number of aromatic amines is 1. The Morgan fingerprint density at radius 3 is 2.71 bits per heavy atom. The highest BCUT2D eigenvalue weighted by atomic mass is 16.2. The first-order valence-corrected chi connectivity index (χ1v) is 7.88. The van der Waals surface area contributed by atoms with Gasteiger partial charge < -0.3 is 15.6 Å². The number of aromatic nitrogens is 2. The summed E-state index contributed by atoms with van der Waals surface area (Å²) in [6, 6.07) is 17.2. The fourth-order valence-corrected chi connectivity index (χ4v) is 2.59. The number of aryl methyl sites for hydroxylation is 1. The molecule has 0 fully saturated rings. The number of hydrogen-bond donors (Lipinski definition) is 3. The van der Waals surface area contributed by atoms with Crippen LogP contribution in [0.15, 0.2) is 67.0 Å². The van der Waals surface area contributed by atoms with Gasteiger partial charge in [-0.15, -0.1) is 0 Å². The second-order valence-corrected chi connectivity index (χ2v) is 5.67. The topological polar surface area (TPSA) is 69.8 Å². The van der Waals surface area contributed by atoms with E-state index in [9.17, 15) is 4.79 Å². The van der Waals surface area contributed by atoms with Crippen LogP contribution in [-0.2, 0) is 6.42 Å². The highest BCUT2D eigenvalue weighted by Crippen LogP contribution is 2.17. The van der Waals surface area contributed by atoms with Crippen molar-refractivity contribution in [2.75, 3.05) is 5.32 Å². The molecule has 5 nitrogen and oxygen atoms in total. The van der Waals surface area contributed by atoms with Gasteiger partial charge in [0.15, 0.2) is 0 Å². The second-order valence-electron chi connectivity index (χ2n) is 5.67. The quantitative estimate of drug-likeness (QED) is 0.669. The van der Waals surface area contributed by atoms with Gasteiger partial charge in [0, 0.05) is 24.5 Å². The average Bonchev–Trinajstić information content (AvgIpc) is 3.08. The number of amides is 2. The maximum absolute atomic E-state index is 12.4. The summed E-state index contributed by atoms with van der Waals surface area (Å²) in [5.41, 5.74) is 2.91. The predicted octanol–water partition coefficient (Wildman–Crippen LogP) is 3.82. The molecule has 1 heterocycles. The third-order valence-corrected chi connectivity index (χ3v) is 3.74. The molecule has 0 saturated heterocycles. The van der Waals surface area contributed by atoms with Gasteiger partial charge in [-0.25, -0.2) is 9.78 Å². The van der Waals surface area contributed by atoms with Crippen molar-refractivity contribution in [3.8, 4) is 0 Å². The summed E-state index contributed by atoms with van der Waals surface area (Å²) in [4.78, 5) is 19.7. The van der Waals surface area contributed by atoms with Gasteiger partial charge in [0.1, 0.15) is 5.82 Å². The van der Waals surface area contributed by atoms with Crippen LogP contribution in [0.4, 0.5) is 10.5 Å². The Morgan fingerprint density at radius 2 is 2.00 bits per heavy atom. The number of urea groups is 1. The molecule has 2 amide bonds. The van der Waals surface area contributed by atoms with E-state index in [4.69, 9.17) is 0 Å². The number of benzene rings is 2. The molecule has 1 atom stereocenters. The van der Waals surface area contributed by atoms with E-state index in [-0.39, 0.29) is 12.1 Å². The van der Waals surface area contributed by atoms with E-state index in [2.05, 4.69) is 20.6 Å². The standard InChI is InChI=1S/C19H20N4O/c1-14-6-5-9-16(12-14)22-19(24)23-17(13-18-20-10-11-21-18)15-7-3-2-4-8-15/h2-12,17H,13H2,1H3,(H,20,21)(H2,22,23,24)/t17-/m0/s1. The molecule has 0 aliphatic carbocycles. The zero-order valence-electron chi connectivity index (χ0n) is 13.5. The lowest BCUT2D eigenvalue weighted by molar-refractivity contribution is 0.248. The van der Waals surface area contributed by atoms with Gasteiger partial charge in [0.2, 0.25) is 0 Å². The molecular formula is C19H20N4O. The molecule has 0 bridgehead atoms. The lowest BCUT2D eigenvalue weighted by Gasteiger charge is -2.19. The van der Waals surface area contributed by atoms with Crippen LogP contribution in [-0.4, -0.2) is 16.0 Å². The van der Waals surface area contributed by atoms with Crippen molar-refractivity contribution in [1.82, 2.24) is 15.3 Å². The zero-order chi connectivity index (χ0) is 16.8. The summed E-state index contributed by atoms with van der Waals surface area (Å²) in [5, 5.41) is 5.91. The van der Waals surface area contributed by atoms with Crippen molar-refractivity contribution >= 4 is 11.7 Å². The molecule has 0 radical (unpaired) electrons. The molecule has 5 heteroatoms. The molecule has 0 unspecified atom stereocenters. The van der Waals surface area contributed by atoms with Crippen molar-refractivity contribution in [1.29, 1.82) is 0 Å². The Hall–Kier alpha value is -3.08. The molecule has 1 aromatic heterocycles. The minimum absolute atomic E-state index is 0.165. The van der Waals surface area contributed by atoms with E-state index in [1.165, 1.54) is 0 Å². The monoisotopic (exact) mass is 320 g/mol. The normalized spacial score (nSPS) is 11.7. The molecule has 0 aliphatic rings. The highest BCUT2D eigenvalue weighted by Gasteiger charge is 2.16. The Bertz CT molecular complexity index is 784. The summed E-state index contributed by atoms with van der Waals surface area (Å²) in [6.07, 6.45) is 4.09. The number of nitrogens with one attached hydrogen (secondary N) is 3. The molecule has 24 heavy (non-hydrogen) atoms. The van der Waals surface area contributed by atoms with Crippen LogP contribution in [0, 0.1) is 6.92 Å². The molecule has 122 valence electrons. The Kier molecular flexibility index (Phi) is 4.91. The van der Waals surface area contributed by atoms with Gasteiger partial charge in [-0.2, -0.15) is 0 Å². The molecule has 3 aromatic rings. The zero-order valence-corrected chi connectivity index (χ0v) is 13.5. The number of nitrogens with zero attached hydrogens (tertiary/aromatic N) is 1. The second kappa shape index (κ2) is 7.46. The van der Waals surface area contributed by atoms with Crippen LogP contribution < -0.4 is 10.6 Å². The molecule has 2 aromatic carbocycles. The van der Waals surface area contributed by atoms with E-state index >= 15 is 0 Å². The van der Waals surface area contributed by atoms with Crippen LogP contribution in [0.2, 0.25) is 0 Å². The minimum Gasteiger partial charge on any atom is -0.349 e. The van der Waals surface area contributed by atoms with E-state index in [1.54, 1.807) is 12.4 Å². The van der Waals surface area contributed by atoms with Gasteiger partial charge in [-0.05, 0) is 30.2 Å². The summed E-state index contributed by atoms with van der Waals surface area (Å²) in [7, 11) is 0. The first-order chi connectivity index (χ1) is 11.7. The Labute approximate surface area is 141 Å². The maximum Gasteiger partial charge on any atom is 0.319 e. The Balaban J connectivity index is 1.72. The highest BCUT2D eigenvalue weighted by molar-refractivity contribution is 5.89. The third kappa shape index (κ3) is 4.23. The maximum atomic E-state index is 12.4. The van der Waals surface area contributed by atoms with Crippen LogP contribution in [0.5, 0.6) is 0 Å². The molecule has 0 spiro atoms. The smallest absolute Gasteiger partial charge is 0.319 e. The van der Waals surface area contributed by atoms with Gasteiger partial charge in [-0.1, -0.05) is 42.5 Å². The molecular weight excluding hydrogens is 300 g/mol. The molecule has 0 aliphatic heterocycles. The number of carbonyl (C=O) groups excluding carboxylic acids is 1. The van der Waals surface area contributed by atoms with E-state index in [0.29, 0.717) is 6.42 Å². The summed E-state index contributed by atoms with van der Waals surface area (Å²) in [6.45, 7) is 1.99. The van der Waals surface area contributed by atoms with Gasteiger partial charge in [-0.3, -0.25) is 0 Å². The largest absolute Gasteiger partial charge is 0.349 e. The van der Waals surface area contributed by atoms with Crippen molar-refractivity contribution in [2.45, 2.75) is 19.4 Å². The number of hydrogen-bond acceptors (Lipinski definition) is 2. The first kappa shape index (κ1) is 15.8. The van der Waals surface area contributed by atoms with Gasteiger partial charge in [0.05, 0.1) is 6.04 Å². The number of carbonyl (C=O) groups is 1. The van der Waals surface area contributed by atoms with Crippen LogP contribution in [0.25, 0.3) is 0 Å². The molecule has 3 N–H and O–H groups in total. The van der Waals surface area contributed by atoms with Crippen LogP contribution in [0.3, 0.4) is 0 Å². The number of anilines is 1. The summed E-state index contributed by atoms with van der Waals surface area (Å²) in [5.74, 6) is 0.833. The fraction of sp³-hybridized carbons (Fsp3) is 0.158. The first-order valence-electron chi connectivity index (χ1n) is 7.88. The van der Waals surface area contributed by atoms with Crippen molar-refractivity contribution < 1.29 is 4.79 Å². The van der Waals surface area contributed by atoms with Gasteiger partial charge >= 0.3 is 6.03 Å². The number of imidazole rings is 1. The van der Waals surface area contributed by atoms with Crippen LogP contribution >= 0.6 is 0 Å². The fourth-order valence-electron chi connectivity index (χ4n) is 2.59. The summed E-state index contributed by atoms with van der Waals surface area (Å²) < 4.78 is 0. The minimum atomic E-state index is -0.235. The van der Waals surface area contributed by atoms with Crippen molar-refractivity contribution in [3.05, 3.63) is 83.9 Å². The van der Waals surface area contributed by atoms with Crippen LogP contribution in [0.1, 0.15) is 23.0 Å². The lowest BCUT2D eigenvalue weighted by atomic mass is 10.0. The predicted molar refractivity (Wildman–Crippen MR) is 94.8 cm³/mol. The van der Waals surface area contributed by atoms with E-state index < -0.39 is 0 Å². The van der Waals surface area contributed by atoms with Gasteiger partial charge in [0.25, 0.3) is 0 Å². The summed E-state index contributed by atoms with van der Waals surface area (Å²) >= 11 is 0. The van der Waals surface area contributed by atoms with E-state index in [1.807, 2.05) is 61.5 Å². The van der Waals surface area contributed by atoms with Crippen molar-refractivity contribution in [2.24, 2.45) is 0 Å². The number of H-pyrrole nitrogens is 1. The van der Waals surface area contributed by atoms with E-state index in [0.717, 1.165) is 22.6 Å².